The van der Waals surface area contributed by atoms with Gasteiger partial charge in [0.15, 0.2) is 0 Å². The van der Waals surface area contributed by atoms with E-state index in [1.54, 1.807) is 0 Å². The molecule has 0 aliphatic carbocycles. The van der Waals surface area contributed by atoms with Crippen molar-refractivity contribution in [3.05, 3.63) is 0 Å². The minimum Gasteiger partial charge on any atom is -2.00 e. The van der Waals surface area contributed by atoms with Crippen LogP contribution in [0.5, 0.6) is 0 Å². The summed E-state index contributed by atoms with van der Waals surface area (Å²) in [4.78, 5) is 0. The topological polar surface area (TPSA) is 57.0 Å². The van der Waals surface area contributed by atoms with E-state index in [4.69, 9.17) is 0 Å². The number of rotatable bonds is 0. The maximum atomic E-state index is 0. The molecule has 2 nitrogen and oxygen atoms in total. The molecule has 0 aliphatic heterocycles. The van der Waals surface area contributed by atoms with Crippen LogP contribution in [0.4, 0.5) is 0 Å². The van der Waals surface area contributed by atoms with Crippen molar-refractivity contribution in [3.63, 3.8) is 0 Å². The maximum Gasteiger partial charge on any atom is 2.00 e. The second-order valence-electron chi connectivity index (χ2n) is 0. The Morgan fingerprint density at radius 2 is 0.750 bits per heavy atom. The van der Waals surface area contributed by atoms with Gasteiger partial charge in [-0.1, -0.05) is 0 Å². The van der Waals surface area contributed by atoms with Gasteiger partial charge in [-0.15, -0.1) is 0 Å². The molecule has 0 aliphatic rings. The van der Waals surface area contributed by atoms with Crippen LogP contribution in [0, 0.1) is 0 Å². The zero-order valence-corrected chi connectivity index (χ0v) is 4.12. The van der Waals surface area contributed by atoms with Gasteiger partial charge in [0.1, 0.15) is 0 Å². The van der Waals surface area contributed by atoms with Crippen LogP contribution in [0.3, 0.4) is 0 Å². The predicted molar refractivity (Wildman–Crippen MR) is 1.37 cm³/mol. The molecule has 0 rings (SSSR count). The normalized spacial score (nSPS) is 0. The van der Waals surface area contributed by atoms with Crippen molar-refractivity contribution in [2.75, 3.05) is 0 Å². The molecule has 4 heteroatoms. The molecular weight excluding hydrogens is 139 g/mol. The molecule has 0 N–H and O–H groups in total. The van der Waals surface area contributed by atoms with Crippen LogP contribution in [-0.4, -0.2) is 0 Å². The standard InChI is InChI=1S/Fe.2O.V/q+2;2*-2;. The molecule has 0 amide bonds. The second kappa shape index (κ2) is 35.1. The van der Waals surface area contributed by atoms with E-state index < -0.39 is 0 Å². The van der Waals surface area contributed by atoms with Crippen LogP contribution in [0.2, 0.25) is 0 Å². The van der Waals surface area contributed by atoms with Gasteiger partial charge >= 0.3 is 17.1 Å². The number of hydrogen-bond donors (Lipinski definition) is 0. The molecule has 4 heavy (non-hydrogen) atoms. The zero-order chi connectivity index (χ0) is 0. The average Bonchev–Trinajstić information content (AvgIpc) is 0. The van der Waals surface area contributed by atoms with Crippen LogP contribution >= 0.6 is 0 Å². The fourth-order valence-electron chi connectivity index (χ4n) is 0. The van der Waals surface area contributed by atoms with E-state index in [2.05, 4.69) is 0 Å². The molecule has 0 aromatic carbocycles. The summed E-state index contributed by atoms with van der Waals surface area (Å²) in [5, 5.41) is 0. The minimum atomic E-state index is 0. The summed E-state index contributed by atoms with van der Waals surface area (Å²) in [5.74, 6) is 0. The fourth-order valence-corrected chi connectivity index (χ4v) is 0. The molecule has 0 aromatic rings. The van der Waals surface area contributed by atoms with Crippen molar-refractivity contribution in [2.45, 2.75) is 0 Å². The summed E-state index contributed by atoms with van der Waals surface area (Å²) in [6, 6.07) is 0. The molecule has 0 saturated carbocycles. The summed E-state index contributed by atoms with van der Waals surface area (Å²) in [7, 11) is 0. The molecule has 0 fully saturated rings. The van der Waals surface area contributed by atoms with E-state index in [0.717, 1.165) is 0 Å². The van der Waals surface area contributed by atoms with Crippen molar-refractivity contribution in [1.82, 2.24) is 0 Å². The Bertz CT molecular complexity index is 6.00. The van der Waals surface area contributed by atoms with Gasteiger partial charge in [-0.05, 0) is 0 Å². The first-order valence-electron chi connectivity index (χ1n) is 0. The van der Waals surface area contributed by atoms with Gasteiger partial charge < -0.3 is 11.0 Å². The average molecular weight is 139 g/mol. The molecule has 0 bridgehead atoms. The largest absolute Gasteiger partial charge is 2.00 e. The minimum absolute atomic E-state index is 0. The Labute approximate surface area is 46.9 Å². The fraction of sp³-hybridized carbons (Fsp3) is 0. The Hall–Kier alpha value is 1.02. The van der Waals surface area contributed by atoms with Crippen molar-refractivity contribution in [1.29, 1.82) is 0 Å². The summed E-state index contributed by atoms with van der Waals surface area (Å²) < 4.78 is 0. The zero-order valence-electron chi connectivity index (χ0n) is 1.62. The third-order valence-electron chi connectivity index (χ3n) is 0. The SMILES string of the molecule is [Fe+2].[O-2].[O-2].[V]. The Balaban J connectivity index is 0. The van der Waals surface area contributed by atoms with Gasteiger partial charge in [-0.3, -0.25) is 0 Å². The second-order valence-corrected chi connectivity index (χ2v) is 0. The molecule has 0 aromatic heterocycles. The molecular formula is FeO2V-2. The van der Waals surface area contributed by atoms with Crippen molar-refractivity contribution in [2.24, 2.45) is 0 Å². The van der Waals surface area contributed by atoms with Gasteiger partial charge in [0.25, 0.3) is 0 Å². The van der Waals surface area contributed by atoms with Gasteiger partial charge in [-0.25, -0.2) is 0 Å². The molecule has 0 unspecified atom stereocenters. The smallest absolute Gasteiger partial charge is 2.00 e. The molecule has 1 radical (unpaired) electrons. The summed E-state index contributed by atoms with van der Waals surface area (Å²) >= 11 is 0. The molecule has 0 heterocycles. The van der Waals surface area contributed by atoms with E-state index in [9.17, 15) is 0 Å². The summed E-state index contributed by atoms with van der Waals surface area (Å²) in [6.07, 6.45) is 0. The van der Waals surface area contributed by atoms with Gasteiger partial charge in [0.2, 0.25) is 0 Å². The van der Waals surface area contributed by atoms with Gasteiger partial charge in [0, 0.05) is 18.6 Å². The molecule has 0 saturated heterocycles. The molecule has 27 valence electrons. The Morgan fingerprint density at radius 1 is 0.750 bits per heavy atom. The maximum absolute atomic E-state index is 0. The first-order chi connectivity index (χ1) is 0. The third-order valence-corrected chi connectivity index (χ3v) is 0. The Morgan fingerprint density at radius 3 is 0.750 bits per heavy atom. The first kappa shape index (κ1) is 77.6. The number of hydrogen-bond acceptors (Lipinski definition) is 0. The van der Waals surface area contributed by atoms with Crippen LogP contribution in [0.25, 0.3) is 0 Å². The van der Waals surface area contributed by atoms with E-state index in [1.165, 1.54) is 0 Å². The first-order valence-corrected chi connectivity index (χ1v) is 0. The predicted octanol–water partition coefficient (Wildman–Crippen LogP) is -0.243. The monoisotopic (exact) mass is 139 g/mol. The third kappa shape index (κ3) is 11.8. The van der Waals surface area contributed by atoms with Crippen molar-refractivity contribution >= 4 is 0 Å². The van der Waals surface area contributed by atoms with Crippen LogP contribution in [0.15, 0.2) is 0 Å². The van der Waals surface area contributed by atoms with Crippen LogP contribution in [0.1, 0.15) is 0 Å². The van der Waals surface area contributed by atoms with Crippen LogP contribution < -0.4 is 0 Å². The van der Waals surface area contributed by atoms with E-state index in [-0.39, 0.29) is 46.6 Å². The van der Waals surface area contributed by atoms with E-state index >= 15 is 0 Å². The molecule has 0 spiro atoms. The van der Waals surface area contributed by atoms with Gasteiger partial charge in [-0.2, -0.15) is 0 Å². The molecule has 0 atom stereocenters. The van der Waals surface area contributed by atoms with Gasteiger partial charge in [0.05, 0.1) is 0 Å². The van der Waals surface area contributed by atoms with Crippen molar-refractivity contribution in [3.8, 4) is 0 Å². The van der Waals surface area contributed by atoms with E-state index in [0.29, 0.717) is 0 Å². The van der Waals surface area contributed by atoms with E-state index in [1.807, 2.05) is 0 Å². The van der Waals surface area contributed by atoms with Crippen LogP contribution in [-0.2, 0) is 46.6 Å². The van der Waals surface area contributed by atoms with Crippen molar-refractivity contribution < 1.29 is 46.6 Å². The summed E-state index contributed by atoms with van der Waals surface area (Å²) in [5.41, 5.74) is 0. The summed E-state index contributed by atoms with van der Waals surface area (Å²) in [6.45, 7) is 0. The quantitative estimate of drug-likeness (QED) is 0.415. The Kier molecular flexibility index (Phi) is 681.